The minimum absolute atomic E-state index is 0. The molecule has 0 fully saturated rings. The molecule has 6 radical (unpaired) electrons. The third-order valence-corrected chi connectivity index (χ3v) is 0. The van der Waals surface area contributed by atoms with Gasteiger partial charge in [-0.2, -0.15) is 0 Å². The second-order valence-corrected chi connectivity index (χ2v) is 0.866. The van der Waals surface area contributed by atoms with Crippen LogP contribution in [0.1, 0.15) is 0 Å². The maximum absolute atomic E-state index is 8.42. The summed E-state index contributed by atoms with van der Waals surface area (Å²) in [6.07, 6.45) is 0. The van der Waals surface area contributed by atoms with Crippen molar-refractivity contribution in [2.45, 2.75) is 0 Å². The Labute approximate surface area is 164 Å². The molecule has 0 aromatic rings. The van der Waals surface area contributed by atoms with E-state index >= 15 is 0 Å². The van der Waals surface area contributed by atoms with Crippen LogP contribution in [0.5, 0.6) is 0 Å². The smallest absolute Gasteiger partial charge is 0.907 e. The molecule has 0 saturated carbocycles. The summed E-state index contributed by atoms with van der Waals surface area (Å²) in [6.45, 7) is 0. The minimum Gasteiger partial charge on any atom is -0.907 e. The van der Waals surface area contributed by atoms with Crippen molar-refractivity contribution in [2.75, 3.05) is 0 Å². The van der Waals surface area contributed by atoms with Gasteiger partial charge in [0.05, 0.1) is 0 Å². The molecular formula is AlB3O9Pb3. The molecule has 0 aliphatic rings. The molecule has 0 aliphatic carbocycles. The zero-order valence-electron chi connectivity index (χ0n) is 7.48. The fourth-order valence-corrected chi connectivity index (χ4v) is 0. The molecule has 0 saturated heterocycles. The van der Waals surface area contributed by atoms with Crippen LogP contribution in [0, 0.1) is 0 Å². The Hall–Kier alpha value is 3.13. The summed E-state index contributed by atoms with van der Waals surface area (Å²) in [5.41, 5.74) is 0. The molecule has 0 bridgehead atoms. The van der Waals surface area contributed by atoms with Crippen molar-refractivity contribution in [3.63, 3.8) is 0 Å². The molecule has 0 amide bonds. The Bertz CT molecular complexity index is 54.5. The van der Waals surface area contributed by atoms with E-state index in [2.05, 4.69) is 0 Å². The van der Waals surface area contributed by atoms with Crippen molar-refractivity contribution in [2.24, 2.45) is 0 Å². The van der Waals surface area contributed by atoms with Gasteiger partial charge in [0, 0.05) is 0 Å². The summed E-state index contributed by atoms with van der Waals surface area (Å²) in [5.74, 6) is 0. The van der Waals surface area contributed by atoms with E-state index < -0.39 is 22.0 Å². The Morgan fingerprint density at radius 2 is 0.375 bits per heavy atom. The molecule has 0 atom stereocenters. The quantitative estimate of drug-likeness (QED) is 0.212. The normalized spacial score (nSPS) is 5.06. The van der Waals surface area contributed by atoms with Crippen LogP contribution in [0.4, 0.5) is 0 Å². The molecule has 16 heavy (non-hydrogen) atoms. The van der Waals surface area contributed by atoms with Gasteiger partial charge in [-0.05, 0) is 0 Å². The molecular weight excluding hydrogens is 825 g/mol. The molecule has 0 aromatic heterocycles. The first-order valence-corrected chi connectivity index (χ1v) is 2.12. The SMILES string of the molecule is [Al+3].[O-]B([O-])[O-].[O-]B([O-])[O-].[O-]B([O-])[O-].[Pb+2].[Pb+2].[Pb+2]. The van der Waals surface area contributed by atoms with Crippen molar-refractivity contribution in [1.82, 2.24) is 0 Å². The number of rotatable bonds is 0. The number of hydrogen-bond donors (Lipinski definition) is 0. The van der Waals surface area contributed by atoms with Gasteiger partial charge in [-0.15, -0.1) is 0 Å². The Balaban J connectivity index is -0.0000000135. The van der Waals surface area contributed by atoms with Crippen LogP contribution in [0.25, 0.3) is 0 Å². The average Bonchev–Trinajstić information content (AvgIpc) is 1.54. The van der Waals surface area contributed by atoms with Crippen LogP contribution in [-0.4, -0.2) is 121 Å². The van der Waals surface area contributed by atoms with Crippen molar-refractivity contribution < 1.29 is 45.2 Å². The third kappa shape index (κ3) is 454. The first-order valence-electron chi connectivity index (χ1n) is 2.12. The zero-order valence-corrected chi connectivity index (χ0v) is 20.3. The zero-order chi connectivity index (χ0) is 10.7. The second-order valence-electron chi connectivity index (χ2n) is 0.866. The molecule has 0 heterocycles. The maximum Gasteiger partial charge on any atom is 3.00 e. The van der Waals surface area contributed by atoms with Crippen molar-refractivity contribution in [3.8, 4) is 0 Å². The maximum atomic E-state index is 8.42. The van der Waals surface area contributed by atoms with E-state index in [1.807, 2.05) is 0 Å². The second kappa shape index (κ2) is 36.2. The van der Waals surface area contributed by atoms with Crippen LogP contribution in [0.15, 0.2) is 0 Å². The summed E-state index contributed by atoms with van der Waals surface area (Å²) in [4.78, 5) is 0. The molecule has 0 spiro atoms. The van der Waals surface area contributed by atoms with Gasteiger partial charge < -0.3 is 45.2 Å². The topological polar surface area (TPSA) is 208 Å². The molecule has 0 unspecified atom stereocenters. The van der Waals surface area contributed by atoms with Crippen molar-refractivity contribution in [3.05, 3.63) is 0 Å². The Morgan fingerprint density at radius 3 is 0.375 bits per heavy atom. The molecule has 0 aromatic carbocycles. The molecule has 16 heteroatoms. The van der Waals surface area contributed by atoms with Crippen LogP contribution in [-0.2, 0) is 0 Å². The van der Waals surface area contributed by atoms with Gasteiger partial charge >= 0.3 is 99.3 Å². The van der Waals surface area contributed by atoms with Gasteiger partial charge in [-0.1, -0.05) is 0 Å². The van der Waals surface area contributed by atoms with Gasteiger partial charge in [-0.3, -0.25) is 22.0 Å². The summed E-state index contributed by atoms with van der Waals surface area (Å²) >= 11 is 0. The van der Waals surface area contributed by atoms with E-state index in [1.54, 1.807) is 0 Å². The van der Waals surface area contributed by atoms with Crippen molar-refractivity contribution >= 4 is 121 Å². The van der Waals surface area contributed by atoms with Crippen LogP contribution >= 0.6 is 0 Å². The largest absolute Gasteiger partial charge is 3.00 e. The summed E-state index contributed by atoms with van der Waals surface area (Å²) < 4.78 is 0. The van der Waals surface area contributed by atoms with Gasteiger partial charge in [0.1, 0.15) is 0 Å². The van der Waals surface area contributed by atoms with Crippen LogP contribution < -0.4 is 45.2 Å². The molecule has 0 aliphatic heterocycles. The first kappa shape index (κ1) is 42.7. The average molecular weight is 825 g/mol. The van der Waals surface area contributed by atoms with Crippen LogP contribution in [0.3, 0.4) is 0 Å². The number of hydrogen-bond acceptors (Lipinski definition) is 9. The predicted molar refractivity (Wildman–Crippen MR) is 40.3 cm³/mol. The van der Waals surface area contributed by atoms with E-state index in [-0.39, 0.29) is 99.3 Å². The molecule has 0 rings (SSSR count). The summed E-state index contributed by atoms with van der Waals surface area (Å²) in [6, 6.07) is 0. The van der Waals surface area contributed by atoms with E-state index in [0.717, 1.165) is 0 Å². The standard InChI is InChI=1S/Al.3BO3.3Pb/c;3*2-1(3)4;;;/q+3;3*-3;3*+2. The first-order chi connectivity index (χ1) is 5.20. The van der Waals surface area contributed by atoms with Gasteiger partial charge in [0.15, 0.2) is 0 Å². The molecule has 0 N–H and O–H groups in total. The minimum atomic E-state index is -2.92. The monoisotopic (exact) mass is 828 g/mol. The Morgan fingerprint density at radius 1 is 0.375 bits per heavy atom. The third-order valence-electron chi connectivity index (χ3n) is 0. The van der Waals surface area contributed by atoms with Gasteiger partial charge in [0.25, 0.3) is 0 Å². The predicted octanol–water partition coefficient (Wildman–Crippen LogP) is -13.4. The fourth-order valence-electron chi connectivity index (χ4n) is 0. The van der Waals surface area contributed by atoms with Gasteiger partial charge in [-0.25, -0.2) is 0 Å². The fraction of sp³-hybridized carbons (Fsp3) is 0. The van der Waals surface area contributed by atoms with E-state index in [1.165, 1.54) is 0 Å². The van der Waals surface area contributed by atoms with Gasteiger partial charge in [0.2, 0.25) is 0 Å². The molecule has 9 nitrogen and oxygen atoms in total. The van der Waals surface area contributed by atoms with E-state index in [4.69, 9.17) is 45.2 Å². The van der Waals surface area contributed by atoms with Crippen LogP contribution in [0.2, 0.25) is 0 Å². The summed E-state index contributed by atoms with van der Waals surface area (Å²) in [7, 11) is -8.75. The van der Waals surface area contributed by atoms with Crippen molar-refractivity contribution in [1.29, 1.82) is 0 Å². The molecule has 78 valence electrons. The summed E-state index contributed by atoms with van der Waals surface area (Å²) in [5, 5.41) is 75.8. The van der Waals surface area contributed by atoms with E-state index in [9.17, 15) is 0 Å². The van der Waals surface area contributed by atoms with E-state index in [0.29, 0.717) is 0 Å². The Kier molecular flexibility index (Phi) is 96.6.